The monoisotopic (exact) mass is 232 g/mol. The van der Waals surface area contributed by atoms with Crippen molar-refractivity contribution in [2.45, 2.75) is 32.1 Å². The smallest absolute Gasteiger partial charge is 0.126 e. The van der Waals surface area contributed by atoms with Crippen molar-refractivity contribution in [1.82, 2.24) is 0 Å². The first-order valence-electron chi connectivity index (χ1n) is 5.12. The lowest BCUT2D eigenvalue weighted by molar-refractivity contribution is 0.492. The second-order valence-electron chi connectivity index (χ2n) is 3.83. The van der Waals surface area contributed by atoms with E-state index < -0.39 is 11.6 Å². The van der Waals surface area contributed by atoms with Crippen LogP contribution >= 0.6 is 11.6 Å². The summed E-state index contributed by atoms with van der Waals surface area (Å²) < 4.78 is 25.8. The highest BCUT2D eigenvalue weighted by atomic mass is 35.5. The lowest BCUT2D eigenvalue weighted by Gasteiger charge is -2.17. The van der Waals surface area contributed by atoms with Crippen LogP contribution in [0.3, 0.4) is 0 Å². The van der Waals surface area contributed by atoms with Crippen LogP contribution in [0.25, 0.3) is 0 Å². The van der Waals surface area contributed by atoms with E-state index in [9.17, 15) is 8.78 Å². The summed E-state index contributed by atoms with van der Waals surface area (Å²) in [5, 5.41) is 0.0151. The van der Waals surface area contributed by atoms with Gasteiger partial charge in [-0.05, 0) is 37.0 Å². The second kappa shape index (κ2) is 5.45. The predicted octanol–water partition coefficient (Wildman–Crippen LogP) is 4.16. The molecule has 0 spiro atoms. The zero-order valence-corrected chi connectivity index (χ0v) is 9.69. The predicted molar refractivity (Wildman–Crippen MR) is 59.2 cm³/mol. The number of alkyl halides is 1. The molecule has 84 valence electrons. The van der Waals surface area contributed by atoms with E-state index in [1.54, 1.807) is 0 Å². The fourth-order valence-corrected chi connectivity index (χ4v) is 1.93. The SMILES string of the molecule is CCC(Cc1cc(F)cc(F)c1)C(C)Cl. The number of benzene rings is 1. The Morgan fingerprint density at radius 3 is 2.13 bits per heavy atom. The van der Waals surface area contributed by atoms with Crippen LogP contribution in [0.2, 0.25) is 0 Å². The normalized spacial score (nSPS) is 15.0. The topological polar surface area (TPSA) is 0 Å². The maximum atomic E-state index is 12.9. The molecule has 0 radical (unpaired) electrons. The van der Waals surface area contributed by atoms with Gasteiger partial charge < -0.3 is 0 Å². The highest BCUT2D eigenvalue weighted by molar-refractivity contribution is 6.20. The van der Waals surface area contributed by atoms with Gasteiger partial charge in [0.25, 0.3) is 0 Å². The molecule has 0 aromatic heterocycles. The Balaban J connectivity index is 2.79. The molecule has 0 saturated heterocycles. The molecule has 0 saturated carbocycles. The van der Waals surface area contributed by atoms with Crippen molar-refractivity contribution in [2.24, 2.45) is 5.92 Å². The first-order valence-corrected chi connectivity index (χ1v) is 5.55. The summed E-state index contributed by atoms with van der Waals surface area (Å²) in [7, 11) is 0. The third-order valence-corrected chi connectivity index (χ3v) is 2.95. The van der Waals surface area contributed by atoms with Crippen LogP contribution in [-0.4, -0.2) is 5.38 Å². The number of halogens is 3. The van der Waals surface area contributed by atoms with Gasteiger partial charge >= 0.3 is 0 Å². The molecule has 0 amide bonds. The first-order chi connectivity index (χ1) is 7.02. The highest BCUT2D eigenvalue weighted by Gasteiger charge is 2.14. The third kappa shape index (κ3) is 3.78. The Bertz CT molecular complexity index is 303. The maximum absolute atomic E-state index is 12.9. The molecule has 3 heteroatoms. The molecular weight excluding hydrogens is 218 g/mol. The average Bonchev–Trinajstić information content (AvgIpc) is 2.12. The highest BCUT2D eigenvalue weighted by Crippen LogP contribution is 2.21. The Morgan fingerprint density at radius 2 is 1.73 bits per heavy atom. The minimum absolute atomic E-state index is 0.0151. The van der Waals surface area contributed by atoms with E-state index in [4.69, 9.17) is 11.6 Å². The summed E-state index contributed by atoms with van der Waals surface area (Å²) in [5.74, 6) is -0.794. The molecule has 1 aromatic carbocycles. The van der Waals surface area contributed by atoms with E-state index in [2.05, 4.69) is 0 Å². The largest absolute Gasteiger partial charge is 0.207 e. The van der Waals surface area contributed by atoms with Crippen molar-refractivity contribution < 1.29 is 8.78 Å². The zero-order chi connectivity index (χ0) is 11.4. The fraction of sp³-hybridized carbons (Fsp3) is 0.500. The van der Waals surface area contributed by atoms with Crippen molar-refractivity contribution in [2.75, 3.05) is 0 Å². The minimum Gasteiger partial charge on any atom is -0.207 e. The maximum Gasteiger partial charge on any atom is 0.126 e. The Morgan fingerprint density at radius 1 is 1.20 bits per heavy atom. The third-order valence-electron chi connectivity index (χ3n) is 2.59. The number of rotatable bonds is 4. The van der Waals surface area contributed by atoms with Crippen molar-refractivity contribution in [3.05, 3.63) is 35.4 Å². The van der Waals surface area contributed by atoms with Crippen molar-refractivity contribution in [1.29, 1.82) is 0 Å². The van der Waals surface area contributed by atoms with Crippen molar-refractivity contribution in [3.63, 3.8) is 0 Å². The summed E-state index contributed by atoms with van der Waals surface area (Å²) in [4.78, 5) is 0. The first kappa shape index (κ1) is 12.4. The molecule has 15 heavy (non-hydrogen) atoms. The zero-order valence-electron chi connectivity index (χ0n) is 8.93. The van der Waals surface area contributed by atoms with Gasteiger partial charge in [0, 0.05) is 11.4 Å². The van der Waals surface area contributed by atoms with Gasteiger partial charge in [-0.3, -0.25) is 0 Å². The Labute approximate surface area is 94.3 Å². The van der Waals surface area contributed by atoms with Gasteiger partial charge in [-0.2, -0.15) is 0 Å². The van der Waals surface area contributed by atoms with Gasteiger partial charge in [-0.15, -0.1) is 11.6 Å². The van der Waals surface area contributed by atoms with Gasteiger partial charge in [-0.25, -0.2) is 8.78 Å². The summed E-state index contributed by atoms with van der Waals surface area (Å²) in [6.45, 7) is 3.94. The Kier molecular flexibility index (Phi) is 4.52. The van der Waals surface area contributed by atoms with Crippen LogP contribution in [0.5, 0.6) is 0 Å². The van der Waals surface area contributed by atoms with E-state index in [0.29, 0.717) is 12.0 Å². The van der Waals surface area contributed by atoms with E-state index >= 15 is 0 Å². The van der Waals surface area contributed by atoms with Crippen molar-refractivity contribution >= 4 is 11.6 Å². The molecule has 0 aliphatic heterocycles. The molecule has 0 aliphatic carbocycles. The van der Waals surface area contributed by atoms with Gasteiger partial charge in [0.2, 0.25) is 0 Å². The van der Waals surface area contributed by atoms with Crippen molar-refractivity contribution in [3.8, 4) is 0 Å². The van der Waals surface area contributed by atoms with E-state index in [0.717, 1.165) is 12.5 Å². The van der Waals surface area contributed by atoms with Crippen LogP contribution in [0.1, 0.15) is 25.8 Å². The summed E-state index contributed by atoms with van der Waals surface area (Å²) in [6, 6.07) is 3.62. The molecule has 1 rings (SSSR count). The standard InChI is InChI=1S/C12H15ClF2/c1-3-10(8(2)13)4-9-5-11(14)7-12(15)6-9/h5-8,10H,3-4H2,1-2H3. The van der Waals surface area contributed by atoms with E-state index in [1.165, 1.54) is 12.1 Å². The molecule has 2 atom stereocenters. The average molecular weight is 233 g/mol. The summed E-state index contributed by atoms with van der Waals surface area (Å²) in [5.41, 5.74) is 0.673. The summed E-state index contributed by atoms with van der Waals surface area (Å²) >= 11 is 5.99. The number of hydrogen-bond acceptors (Lipinski definition) is 0. The lowest BCUT2D eigenvalue weighted by Crippen LogP contribution is -2.13. The van der Waals surface area contributed by atoms with Crippen LogP contribution < -0.4 is 0 Å². The van der Waals surface area contributed by atoms with Crippen LogP contribution in [-0.2, 0) is 6.42 Å². The fourth-order valence-electron chi connectivity index (χ4n) is 1.66. The van der Waals surface area contributed by atoms with Gasteiger partial charge in [0.15, 0.2) is 0 Å². The summed E-state index contributed by atoms with van der Waals surface area (Å²) in [6.07, 6.45) is 1.53. The van der Waals surface area contributed by atoms with Crippen LogP contribution in [0.15, 0.2) is 18.2 Å². The number of hydrogen-bond donors (Lipinski definition) is 0. The molecule has 0 fully saturated rings. The van der Waals surface area contributed by atoms with E-state index in [1.807, 2.05) is 13.8 Å². The van der Waals surface area contributed by atoms with Gasteiger partial charge in [0.05, 0.1) is 0 Å². The molecule has 0 bridgehead atoms. The van der Waals surface area contributed by atoms with E-state index in [-0.39, 0.29) is 11.3 Å². The molecule has 0 nitrogen and oxygen atoms in total. The van der Waals surface area contributed by atoms with Gasteiger partial charge in [0.1, 0.15) is 11.6 Å². The molecule has 0 heterocycles. The Hall–Kier alpha value is -0.630. The van der Waals surface area contributed by atoms with Gasteiger partial charge in [-0.1, -0.05) is 13.3 Å². The molecule has 0 aliphatic rings. The molecule has 2 unspecified atom stereocenters. The second-order valence-corrected chi connectivity index (χ2v) is 4.52. The molecule has 1 aromatic rings. The molecular formula is C12H15ClF2. The van der Waals surface area contributed by atoms with Crippen LogP contribution in [0.4, 0.5) is 8.78 Å². The quantitative estimate of drug-likeness (QED) is 0.684. The van der Waals surface area contributed by atoms with Crippen LogP contribution in [0, 0.1) is 17.6 Å². The lowest BCUT2D eigenvalue weighted by atomic mass is 9.94. The minimum atomic E-state index is -0.526. The molecule has 0 N–H and O–H groups in total.